The van der Waals surface area contributed by atoms with E-state index in [-0.39, 0.29) is 23.0 Å². The van der Waals surface area contributed by atoms with Gasteiger partial charge < -0.3 is 19.9 Å². The zero-order valence-corrected chi connectivity index (χ0v) is 17.6. The average Bonchev–Trinajstić information content (AvgIpc) is 2.54. The Labute approximate surface area is 158 Å². The molecule has 0 aromatic carbocycles. The number of nitrogens with one attached hydrogen (secondary N) is 1. The van der Waals surface area contributed by atoms with E-state index < -0.39 is 0 Å². The van der Waals surface area contributed by atoms with Crippen LogP contribution in [0.1, 0.15) is 41.5 Å². The summed E-state index contributed by atoms with van der Waals surface area (Å²) in [5, 5.41) is 3.50. The molecular formula is C19H37N5O2. The molecule has 0 radical (unpaired) electrons. The van der Waals surface area contributed by atoms with Crippen LogP contribution >= 0.6 is 0 Å². The van der Waals surface area contributed by atoms with Crippen LogP contribution < -0.4 is 5.32 Å². The fourth-order valence-electron chi connectivity index (χ4n) is 4.22. The standard InChI is InChI=1S/C19H37N5O2/c1-15(2)24-16(25)12-22(14-19(24,5)6)17(20-7)21-13-18(3,4)23-8-10-26-11-9-23/h15H,8-14H2,1-7H3,(H,20,21). The summed E-state index contributed by atoms with van der Waals surface area (Å²) in [6.45, 7) is 18.3. The van der Waals surface area contributed by atoms with E-state index in [2.05, 4.69) is 61.7 Å². The largest absolute Gasteiger partial charge is 0.379 e. The van der Waals surface area contributed by atoms with Crippen LogP contribution in [0.3, 0.4) is 0 Å². The molecule has 2 aliphatic heterocycles. The van der Waals surface area contributed by atoms with Crippen LogP contribution in [0.25, 0.3) is 0 Å². The highest BCUT2D eigenvalue weighted by atomic mass is 16.5. The smallest absolute Gasteiger partial charge is 0.242 e. The maximum absolute atomic E-state index is 12.7. The predicted molar refractivity (Wildman–Crippen MR) is 105 cm³/mol. The molecule has 0 bridgehead atoms. The third-order valence-corrected chi connectivity index (χ3v) is 5.40. The van der Waals surface area contributed by atoms with Gasteiger partial charge in [-0.25, -0.2) is 0 Å². The molecule has 7 heteroatoms. The molecule has 0 aromatic heterocycles. The molecular weight excluding hydrogens is 330 g/mol. The Kier molecular flexibility index (Phi) is 6.55. The summed E-state index contributed by atoms with van der Waals surface area (Å²) in [5.74, 6) is 0.961. The Hall–Kier alpha value is -1.34. The van der Waals surface area contributed by atoms with Gasteiger partial charge in [0.05, 0.1) is 25.3 Å². The molecule has 150 valence electrons. The zero-order chi connectivity index (χ0) is 19.5. The molecule has 0 atom stereocenters. The van der Waals surface area contributed by atoms with E-state index in [1.165, 1.54) is 0 Å². The van der Waals surface area contributed by atoms with Crippen molar-refractivity contribution < 1.29 is 9.53 Å². The molecule has 2 saturated heterocycles. The van der Waals surface area contributed by atoms with E-state index in [4.69, 9.17) is 4.74 Å². The zero-order valence-electron chi connectivity index (χ0n) is 17.6. The quantitative estimate of drug-likeness (QED) is 0.593. The van der Waals surface area contributed by atoms with Gasteiger partial charge in [-0.05, 0) is 41.5 Å². The molecule has 26 heavy (non-hydrogen) atoms. The third kappa shape index (κ3) is 4.68. The SMILES string of the molecule is CN=C(NCC(C)(C)N1CCOCC1)N1CC(=O)N(C(C)C)C(C)(C)C1. The van der Waals surface area contributed by atoms with Gasteiger partial charge in [0.15, 0.2) is 5.96 Å². The number of morpholine rings is 1. The molecule has 2 aliphatic rings. The van der Waals surface area contributed by atoms with Crippen LogP contribution in [-0.4, -0.2) is 96.7 Å². The predicted octanol–water partition coefficient (Wildman–Crippen LogP) is 1.00. The second-order valence-electron chi connectivity index (χ2n) is 8.84. The fourth-order valence-corrected chi connectivity index (χ4v) is 4.22. The highest BCUT2D eigenvalue weighted by Crippen LogP contribution is 2.24. The minimum absolute atomic E-state index is 0.000991. The summed E-state index contributed by atoms with van der Waals surface area (Å²) in [4.78, 5) is 23.7. The van der Waals surface area contributed by atoms with Crippen molar-refractivity contribution in [2.75, 3.05) is 53.0 Å². The molecule has 0 spiro atoms. The third-order valence-electron chi connectivity index (χ3n) is 5.40. The minimum Gasteiger partial charge on any atom is -0.379 e. The van der Waals surface area contributed by atoms with Crippen LogP contribution in [0.4, 0.5) is 0 Å². The summed E-state index contributed by atoms with van der Waals surface area (Å²) >= 11 is 0. The van der Waals surface area contributed by atoms with Gasteiger partial charge in [0, 0.05) is 44.8 Å². The maximum atomic E-state index is 12.7. The first-order chi connectivity index (χ1) is 12.1. The van der Waals surface area contributed by atoms with E-state index in [1.54, 1.807) is 7.05 Å². The first kappa shape index (κ1) is 21.0. The number of aliphatic imine (C=N–C) groups is 1. The molecule has 0 unspecified atom stereocenters. The van der Waals surface area contributed by atoms with Crippen LogP contribution in [-0.2, 0) is 9.53 Å². The van der Waals surface area contributed by atoms with Gasteiger partial charge >= 0.3 is 0 Å². The molecule has 2 rings (SSSR count). The Balaban J connectivity index is 2.01. The van der Waals surface area contributed by atoms with Crippen LogP contribution in [0, 0.1) is 0 Å². The van der Waals surface area contributed by atoms with Crippen molar-refractivity contribution in [3.63, 3.8) is 0 Å². The van der Waals surface area contributed by atoms with Gasteiger partial charge in [-0.1, -0.05) is 0 Å². The van der Waals surface area contributed by atoms with Crippen molar-refractivity contribution in [1.82, 2.24) is 20.0 Å². The fraction of sp³-hybridized carbons (Fsp3) is 0.895. The molecule has 0 aliphatic carbocycles. The van der Waals surface area contributed by atoms with Gasteiger partial charge in [0.25, 0.3) is 0 Å². The van der Waals surface area contributed by atoms with E-state index in [1.807, 2.05) is 4.90 Å². The number of guanidine groups is 1. The van der Waals surface area contributed by atoms with Crippen molar-refractivity contribution in [3.05, 3.63) is 0 Å². The number of hydrogen-bond acceptors (Lipinski definition) is 4. The molecule has 0 saturated carbocycles. The second kappa shape index (κ2) is 8.13. The van der Waals surface area contributed by atoms with E-state index in [0.717, 1.165) is 45.4 Å². The van der Waals surface area contributed by atoms with Gasteiger partial charge in [-0.15, -0.1) is 0 Å². The first-order valence-corrected chi connectivity index (χ1v) is 9.69. The Morgan fingerprint density at radius 1 is 1.31 bits per heavy atom. The lowest BCUT2D eigenvalue weighted by Gasteiger charge is -2.49. The average molecular weight is 368 g/mol. The molecule has 0 aromatic rings. The molecule has 2 heterocycles. The summed E-state index contributed by atoms with van der Waals surface area (Å²) in [6.07, 6.45) is 0. The highest BCUT2D eigenvalue weighted by Gasteiger charge is 2.41. The van der Waals surface area contributed by atoms with E-state index >= 15 is 0 Å². The van der Waals surface area contributed by atoms with Crippen LogP contribution in [0.2, 0.25) is 0 Å². The summed E-state index contributed by atoms with van der Waals surface area (Å²) in [6, 6.07) is 0.204. The van der Waals surface area contributed by atoms with Crippen molar-refractivity contribution in [2.45, 2.75) is 58.7 Å². The molecule has 2 fully saturated rings. The molecule has 7 nitrogen and oxygen atoms in total. The normalized spacial score (nSPS) is 22.9. The summed E-state index contributed by atoms with van der Waals surface area (Å²) in [7, 11) is 1.79. The van der Waals surface area contributed by atoms with Crippen molar-refractivity contribution in [2.24, 2.45) is 4.99 Å². The lowest BCUT2D eigenvalue weighted by Crippen LogP contribution is -2.66. The lowest BCUT2D eigenvalue weighted by atomic mass is 9.96. The number of amides is 1. The van der Waals surface area contributed by atoms with Gasteiger partial charge in [0.2, 0.25) is 5.91 Å². The van der Waals surface area contributed by atoms with Crippen LogP contribution in [0.5, 0.6) is 0 Å². The lowest BCUT2D eigenvalue weighted by molar-refractivity contribution is -0.145. The van der Waals surface area contributed by atoms with Crippen molar-refractivity contribution >= 4 is 11.9 Å². The maximum Gasteiger partial charge on any atom is 0.242 e. The topological polar surface area (TPSA) is 60.4 Å². The van der Waals surface area contributed by atoms with Gasteiger partial charge in [-0.3, -0.25) is 14.7 Å². The Morgan fingerprint density at radius 2 is 1.92 bits per heavy atom. The number of piperazine rings is 1. The Bertz CT molecular complexity index is 524. The van der Waals surface area contributed by atoms with Crippen molar-refractivity contribution in [3.8, 4) is 0 Å². The number of rotatable bonds is 4. The monoisotopic (exact) mass is 367 g/mol. The van der Waals surface area contributed by atoms with Crippen molar-refractivity contribution in [1.29, 1.82) is 0 Å². The summed E-state index contributed by atoms with van der Waals surface area (Å²) in [5.41, 5.74) is -0.222. The first-order valence-electron chi connectivity index (χ1n) is 9.69. The Morgan fingerprint density at radius 3 is 2.42 bits per heavy atom. The second-order valence-corrected chi connectivity index (χ2v) is 8.84. The van der Waals surface area contributed by atoms with Crippen LogP contribution in [0.15, 0.2) is 4.99 Å². The number of ether oxygens (including phenoxy) is 1. The highest BCUT2D eigenvalue weighted by molar-refractivity contribution is 5.88. The molecule has 1 N–H and O–H groups in total. The van der Waals surface area contributed by atoms with Gasteiger partial charge in [0.1, 0.15) is 0 Å². The van der Waals surface area contributed by atoms with Gasteiger partial charge in [-0.2, -0.15) is 0 Å². The summed E-state index contributed by atoms with van der Waals surface area (Å²) < 4.78 is 5.46. The van der Waals surface area contributed by atoms with E-state index in [9.17, 15) is 4.79 Å². The number of carbonyl (C=O) groups excluding carboxylic acids is 1. The van der Waals surface area contributed by atoms with E-state index in [0.29, 0.717) is 6.54 Å². The number of carbonyl (C=O) groups is 1. The number of hydrogen-bond donors (Lipinski definition) is 1. The molecule has 1 amide bonds. The number of nitrogens with zero attached hydrogens (tertiary/aromatic N) is 4. The minimum atomic E-state index is -0.221.